The van der Waals surface area contributed by atoms with Crippen LogP contribution in [0.25, 0.3) is 6.08 Å². The molecular weight excluding hydrogens is 308 g/mol. The number of rotatable bonds is 5. The van der Waals surface area contributed by atoms with Gasteiger partial charge in [0.2, 0.25) is 0 Å². The van der Waals surface area contributed by atoms with Crippen molar-refractivity contribution in [3.63, 3.8) is 0 Å². The minimum Gasteiger partial charge on any atom is -0.493 e. The summed E-state index contributed by atoms with van der Waals surface area (Å²) in [6, 6.07) is 2.70. The van der Waals surface area contributed by atoms with Gasteiger partial charge >= 0.3 is 6.03 Å². The number of benzene rings is 1. The van der Waals surface area contributed by atoms with Gasteiger partial charge in [-0.05, 0) is 12.1 Å². The second kappa shape index (κ2) is 7.41. The summed E-state index contributed by atoms with van der Waals surface area (Å²) in [6.07, 6.45) is 0.943. The molecule has 1 aromatic rings. The predicted molar refractivity (Wildman–Crippen MR) is 77.5 cm³/mol. The number of primary amides is 1. The molecule has 10 heteroatoms. The number of carbonyl (C=O) groups is 2. The lowest BCUT2D eigenvalue weighted by atomic mass is 10.1. The van der Waals surface area contributed by atoms with Crippen molar-refractivity contribution in [2.24, 2.45) is 5.73 Å². The number of amides is 3. The number of nitrogens with two attached hydrogens (primary N) is 1. The van der Waals surface area contributed by atoms with Crippen molar-refractivity contribution >= 4 is 23.7 Å². The Bertz CT molecular complexity index is 735. The third kappa shape index (κ3) is 4.18. The maximum atomic E-state index is 11.6. The van der Waals surface area contributed by atoms with E-state index in [1.165, 1.54) is 26.4 Å². The van der Waals surface area contributed by atoms with Crippen LogP contribution in [-0.4, -0.2) is 31.1 Å². The molecule has 0 saturated heterocycles. The minimum atomic E-state index is -1.15. The number of ether oxygens (including phenoxy) is 2. The molecule has 120 valence electrons. The van der Waals surface area contributed by atoms with E-state index in [-0.39, 0.29) is 17.1 Å². The number of urea groups is 1. The Kier molecular flexibility index (Phi) is 5.62. The molecular formula is C13H12N4O6. The lowest BCUT2D eigenvalue weighted by molar-refractivity contribution is -0.385. The summed E-state index contributed by atoms with van der Waals surface area (Å²) in [5.41, 5.74) is 3.75. The van der Waals surface area contributed by atoms with Crippen molar-refractivity contribution in [3.8, 4) is 17.6 Å². The van der Waals surface area contributed by atoms with Gasteiger partial charge in [-0.15, -0.1) is 0 Å². The number of nitrogens with zero attached hydrogens (tertiary/aromatic N) is 2. The summed E-state index contributed by atoms with van der Waals surface area (Å²) in [5.74, 6) is -0.808. The first-order valence-electron chi connectivity index (χ1n) is 5.97. The Morgan fingerprint density at radius 2 is 1.91 bits per heavy atom. The maximum Gasteiger partial charge on any atom is 0.319 e. The zero-order valence-electron chi connectivity index (χ0n) is 12.2. The molecule has 1 rings (SSSR count). The summed E-state index contributed by atoms with van der Waals surface area (Å²) < 4.78 is 9.98. The first-order chi connectivity index (χ1) is 10.8. The highest BCUT2D eigenvalue weighted by atomic mass is 16.6. The van der Waals surface area contributed by atoms with E-state index in [4.69, 9.17) is 20.5 Å². The summed E-state index contributed by atoms with van der Waals surface area (Å²) in [7, 11) is 2.63. The topological polar surface area (TPSA) is 158 Å². The average molecular weight is 320 g/mol. The van der Waals surface area contributed by atoms with Crippen LogP contribution in [0.5, 0.6) is 11.5 Å². The van der Waals surface area contributed by atoms with Gasteiger partial charge in [0.25, 0.3) is 11.6 Å². The van der Waals surface area contributed by atoms with Crippen LogP contribution in [0.1, 0.15) is 5.56 Å². The van der Waals surface area contributed by atoms with Gasteiger partial charge < -0.3 is 15.2 Å². The second-order valence-corrected chi connectivity index (χ2v) is 4.01. The molecule has 0 bridgehead atoms. The van der Waals surface area contributed by atoms with Crippen LogP contribution in [0.15, 0.2) is 17.7 Å². The van der Waals surface area contributed by atoms with E-state index < -0.39 is 28.1 Å². The van der Waals surface area contributed by atoms with Gasteiger partial charge in [0, 0.05) is 0 Å². The third-order valence-corrected chi connectivity index (χ3v) is 2.63. The zero-order chi connectivity index (χ0) is 17.6. The third-order valence-electron chi connectivity index (χ3n) is 2.63. The molecule has 0 aliphatic heterocycles. The molecule has 3 amide bonds. The number of methoxy groups -OCH3 is 2. The Morgan fingerprint density at radius 1 is 1.35 bits per heavy atom. The van der Waals surface area contributed by atoms with E-state index >= 15 is 0 Å². The van der Waals surface area contributed by atoms with Crippen LogP contribution < -0.4 is 20.5 Å². The summed E-state index contributed by atoms with van der Waals surface area (Å²) in [6.45, 7) is 0. The molecule has 0 saturated carbocycles. The normalized spacial score (nSPS) is 10.4. The molecule has 0 fully saturated rings. The van der Waals surface area contributed by atoms with Crippen LogP contribution in [-0.2, 0) is 4.79 Å². The van der Waals surface area contributed by atoms with E-state index in [2.05, 4.69) is 0 Å². The standard InChI is InChI=1S/C13H12N4O6/c1-22-10-4-7(9(17(20)21)5-11(10)23-2)3-8(6-14)12(18)16-13(15)19/h3-5H,1-2H3,(H3,15,16,18,19)/b8-3-. The molecule has 0 spiro atoms. The molecule has 0 aromatic heterocycles. The lowest BCUT2D eigenvalue weighted by Crippen LogP contribution is -2.35. The van der Waals surface area contributed by atoms with E-state index in [9.17, 15) is 19.7 Å². The Morgan fingerprint density at radius 3 is 2.35 bits per heavy atom. The smallest absolute Gasteiger partial charge is 0.319 e. The summed E-state index contributed by atoms with van der Waals surface area (Å²) in [4.78, 5) is 32.7. The van der Waals surface area contributed by atoms with Crippen LogP contribution in [0.3, 0.4) is 0 Å². The Labute approximate surface area is 130 Å². The van der Waals surface area contributed by atoms with Gasteiger partial charge in [-0.25, -0.2) is 4.79 Å². The summed E-state index contributed by atoms with van der Waals surface area (Å²) >= 11 is 0. The van der Waals surface area contributed by atoms with Gasteiger partial charge in [0.1, 0.15) is 11.6 Å². The molecule has 10 nitrogen and oxygen atoms in total. The minimum absolute atomic E-state index is 0.0798. The zero-order valence-corrected chi connectivity index (χ0v) is 12.2. The number of nitrogens with one attached hydrogen (secondary N) is 1. The first kappa shape index (κ1) is 17.4. The van der Waals surface area contributed by atoms with Crippen molar-refractivity contribution in [2.45, 2.75) is 0 Å². The van der Waals surface area contributed by atoms with Crippen LogP contribution >= 0.6 is 0 Å². The number of imide groups is 1. The van der Waals surface area contributed by atoms with Crippen LogP contribution in [0.2, 0.25) is 0 Å². The van der Waals surface area contributed by atoms with Crippen LogP contribution in [0, 0.1) is 21.4 Å². The van der Waals surface area contributed by atoms with Gasteiger partial charge in [-0.3, -0.25) is 20.2 Å². The molecule has 0 radical (unpaired) electrons. The number of nitriles is 1. The summed E-state index contributed by atoms with van der Waals surface area (Å²) in [5, 5.41) is 21.8. The predicted octanol–water partition coefficient (Wildman–Crippen LogP) is 0.714. The number of nitro benzene ring substituents is 1. The number of carbonyl (C=O) groups excluding carboxylic acids is 2. The average Bonchev–Trinajstić information content (AvgIpc) is 2.50. The van der Waals surface area contributed by atoms with Crippen molar-refractivity contribution < 1.29 is 24.0 Å². The molecule has 0 unspecified atom stereocenters. The van der Waals surface area contributed by atoms with Gasteiger partial charge in [0.05, 0.1) is 30.8 Å². The SMILES string of the molecule is COc1cc(/C=C(/C#N)C(=O)NC(N)=O)c([N+](=O)[O-])cc1OC. The molecule has 0 aliphatic rings. The molecule has 0 atom stereocenters. The first-order valence-corrected chi connectivity index (χ1v) is 5.97. The highest BCUT2D eigenvalue weighted by Crippen LogP contribution is 2.35. The number of hydrogen-bond donors (Lipinski definition) is 2. The fraction of sp³-hybridized carbons (Fsp3) is 0.154. The fourth-order valence-electron chi connectivity index (χ4n) is 1.64. The molecule has 0 aliphatic carbocycles. The van der Waals surface area contributed by atoms with Crippen molar-refractivity contribution in [2.75, 3.05) is 14.2 Å². The van der Waals surface area contributed by atoms with E-state index in [1.807, 2.05) is 0 Å². The van der Waals surface area contributed by atoms with Crippen molar-refractivity contribution in [1.29, 1.82) is 5.26 Å². The fourth-order valence-corrected chi connectivity index (χ4v) is 1.64. The molecule has 1 aromatic carbocycles. The van der Waals surface area contributed by atoms with Gasteiger partial charge in [0.15, 0.2) is 11.5 Å². The number of hydrogen-bond acceptors (Lipinski definition) is 7. The van der Waals surface area contributed by atoms with E-state index in [0.717, 1.165) is 12.1 Å². The van der Waals surface area contributed by atoms with E-state index in [1.54, 1.807) is 5.32 Å². The Hall–Kier alpha value is -3.61. The lowest BCUT2D eigenvalue weighted by Gasteiger charge is -2.09. The van der Waals surface area contributed by atoms with Crippen molar-refractivity contribution in [3.05, 3.63) is 33.4 Å². The molecule has 3 N–H and O–H groups in total. The Balaban J connectivity index is 3.47. The molecule has 23 heavy (non-hydrogen) atoms. The van der Waals surface area contributed by atoms with Crippen LogP contribution in [0.4, 0.5) is 10.5 Å². The highest BCUT2D eigenvalue weighted by molar-refractivity contribution is 6.08. The second-order valence-electron chi connectivity index (χ2n) is 4.01. The van der Waals surface area contributed by atoms with Crippen molar-refractivity contribution in [1.82, 2.24) is 5.32 Å². The van der Waals surface area contributed by atoms with Gasteiger partial charge in [-0.2, -0.15) is 5.26 Å². The largest absolute Gasteiger partial charge is 0.493 e. The van der Waals surface area contributed by atoms with E-state index in [0.29, 0.717) is 0 Å². The quantitative estimate of drug-likeness (QED) is 0.350. The highest BCUT2D eigenvalue weighted by Gasteiger charge is 2.20. The number of nitro groups is 1. The maximum absolute atomic E-state index is 11.6. The van der Waals surface area contributed by atoms with Gasteiger partial charge in [-0.1, -0.05) is 0 Å². The molecule has 0 heterocycles. The monoisotopic (exact) mass is 320 g/mol.